The fourth-order valence-electron chi connectivity index (χ4n) is 2.64. The number of nitrogen functional groups attached to an aromatic ring is 1. The fourth-order valence-corrected chi connectivity index (χ4v) is 2.64. The molecular formula is C21H29ClN2O3. The van der Waals surface area contributed by atoms with Crippen molar-refractivity contribution in [2.45, 2.75) is 33.3 Å². The van der Waals surface area contributed by atoms with E-state index in [1.54, 1.807) is 0 Å². The van der Waals surface area contributed by atoms with Crippen LogP contribution in [0.3, 0.4) is 0 Å². The van der Waals surface area contributed by atoms with E-state index in [1.165, 1.54) is 0 Å². The summed E-state index contributed by atoms with van der Waals surface area (Å²) in [6.45, 7) is 6.30. The molecule has 0 spiro atoms. The van der Waals surface area contributed by atoms with Crippen LogP contribution in [0.1, 0.15) is 30.0 Å². The van der Waals surface area contributed by atoms with Crippen molar-refractivity contribution in [1.29, 1.82) is 0 Å². The minimum Gasteiger partial charge on any atom is -0.399 e. The molecule has 0 aliphatic rings. The van der Waals surface area contributed by atoms with Gasteiger partial charge in [-0.2, -0.15) is 0 Å². The number of carbonyl (C=O) groups excluding carboxylic acids is 1. The van der Waals surface area contributed by atoms with Gasteiger partial charge < -0.3 is 20.5 Å². The van der Waals surface area contributed by atoms with Crippen molar-refractivity contribution in [3.8, 4) is 0 Å². The summed E-state index contributed by atoms with van der Waals surface area (Å²) in [6, 6.07) is 13.5. The number of halogens is 1. The first-order valence-electron chi connectivity index (χ1n) is 8.99. The lowest BCUT2D eigenvalue weighted by Crippen LogP contribution is -2.14. The molecule has 3 N–H and O–H groups in total. The molecule has 0 aromatic heterocycles. The lowest BCUT2D eigenvalue weighted by Gasteiger charge is -2.13. The molecule has 27 heavy (non-hydrogen) atoms. The molecule has 0 atom stereocenters. The number of nitrogens with one attached hydrogen (secondary N) is 1. The molecule has 5 nitrogen and oxygen atoms in total. The second-order valence-electron chi connectivity index (χ2n) is 6.09. The zero-order valence-corrected chi connectivity index (χ0v) is 16.8. The summed E-state index contributed by atoms with van der Waals surface area (Å²) in [5.74, 6) is -0.0224. The van der Waals surface area contributed by atoms with E-state index in [1.807, 2.05) is 56.3 Å². The van der Waals surface area contributed by atoms with Crippen LogP contribution in [0.4, 0.5) is 11.4 Å². The van der Waals surface area contributed by atoms with Gasteiger partial charge in [0, 0.05) is 24.4 Å². The third kappa shape index (κ3) is 7.59. The van der Waals surface area contributed by atoms with Crippen LogP contribution in [0.5, 0.6) is 0 Å². The molecule has 1 amide bonds. The van der Waals surface area contributed by atoms with Gasteiger partial charge in [0.2, 0.25) is 5.91 Å². The van der Waals surface area contributed by atoms with Gasteiger partial charge in [-0.3, -0.25) is 4.79 Å². The first-order valence-corrected chi connectivity index (χ1v) is 8.99. The molecule has 0 aliphatic carbocycles. The number of benzene rings is 2. The molecule has 0 bridgehead atoms. The van der Waals surface area contributed by atoms with Gasteiger partial charge in [0.05, 0.1) is 19.8 Å². The standard InChI is InChI=1S/C21H28N2O3.ClH/c1-3-25-13-14-26-15-18-8-6-10-20(16(18)2)23-21(24)12-11-17-7-4-5-9-19(17)22;/h4-10H,3,11-15,22H2,1-2H3,(H,23,24);1H. The van der Waals surface area contributed by atoms with Crippen molar-refractivity contribution >= 4 is 29.7 Å². The van der Waals surface area contributed by atoms with E-state index < -0.39 is 0 Å². The number of amides is 1. The summed E-state index contributed by atoms with van der Waals surface area (Å²) in [5.41, 5.74) is 10.6. The quantitative estimate of drug-likeness (QED) is 0.471. The lowest BCUT2D eigenvalue weighted by atomic mass is 10.1. The maximum absolute atomic E-state index is 12.3. The van der Waals surface area contributed by atoms with Crippen LogP contribution in [-0.4, -0.2) is 25.7 Å². The molecule has 6 heteroatoms. The zero-order chi connectivity index (χ0) is 18.8. The van der Waals surface area contributed by atoms with Crippen molar-refractivity contribution in [2.24, 2.45) is 0 Å². The number of anilines is 2. The predicted molar refractivity (Wildman–Crippen MR) is 112 cm³/mol. The van der Waals surface area contributed by atoms with Gasteiger partial charge >= 0.3 is 0 Å². The second-order valence-corrected chi connectivity index (χ2v) is 6.09. The number of para-hydroxylation sites is 1. The van der Waals surface area contributed by atoms with Crippen LogP contribution >= 0.6 is 12.4 Å². The smallest absolute Gasteiger partial charge is 0.224 e. The Kier molecular flexibility index (Phi) is 10.5. The van der Waals surface area contributed by atoms with Crippen LogP contribution < -0.4 is 11.1 Å². The maximum atomic E-state index is 12.3. The van der Waals surface area contributed by atoms with E-state index in [9.17, 15) is 4.79 Å². The topological polar surface area (TPSA) is 73.6 Å². The zero-order valence-electron chi connectivity index (χ0n) is 16.0. The molecule has 2 aromatic carbocycles. The number of carbonyl (C=O) groups is 1. The third-order valence-corrected chi connectivity index (χ3v) is 4.23. The van der Waals surface area contributed by atoms with Crippen LogP contribution in [0, 0.1) is 6.92 Å². The monoisotopic (exact) mass is 392 g/mol. The van der Waals surface area contributed by atoms with E-state index >= 15 is 0 Å². The van der Waals surface area contributed by atoms with Crippen LogP contribution in [0.2, 0.25) is 0 Å². The number of hydrogen-bond donors (Lipinski definition) is 2. The third-order valence-electron chi connectivity index (χ3n) is 4.23. The SMILES string of the molecule is CCOCCOCc1cccc(NC(=O)CCc2ccccc2N)c1C.Cl. The van der Waals surface area contributed by atoms with E-state index in [-0.39, 0.29) is 18.3 Å². The minimum atomic E-state index is -0.0224. The molecule has 2 rings (SSSR count). The summed E-state index contributed by atoms with van der Waals surface area (Å²) in [4.78, 5) is 12.3. The van der Waals surface area contributed by atoms with Crippen molar-refractivity contribution in [3.05, 3.63) is 59.2 Å². The highest BCUT2D eigenvalue weighted by Gasteiger charge is 2.09. The average Bonchev–Trinajstić information content (AvgIpc) is 2.64. The molecule has 0 heterocycles. The number of ether oxygens (including phenoxy) is 2. The minimum absolute atomic E-state index is 0. The summed E-state index contributed by atoms with van der Waals surface area (Å²) in [7, 11) is 0. The highest BCUT2D eigenvalue weighted by atomic mass is 35.5. The highest BCUT2D eigenvalue weighted by Crippen LogP contribution is 2.20. The van der Waals surface area contributed by atoms with Gasteiger partial charge in [-0.15, -0.1) is 12.4 Å². The number of aryl methyl sites for hydroxylation is 1. The molecule has 0 saturated carbocycles. The van der Waals surface area contributed by atoms with Crippen LogP contribution in [0.15, 0.2) is 42.5 Å². The molecule has 0 unspecified atom stereocenters. The maximum Gasteiger partial charge on any atom is 0.224 e. The molecular weight excluding hydrogens is 364 g/mol. The van der Waals surface area contributed by atoms with Gasteiger partial charge in [-0.25, -0.2) is 0 Å². The number of nitrogens with two attached hydrogens (primary N) is 1. The van der Waals surface area contributed by atoms with Gasteiger partial charge in [0.25, 0.3) is 0 Å². The van der Waals surface area contributed by atoms with Gasteiger partial charge in [0.15, 0.2) is 0 Å². The van der Waals surface area contributed by atoms with Crippen molar-refractivity contribution < 1.29 is 14.3 Å². The molecule has 0 saturated heterocycles. The average molecular weight is 393 g/mol. The summed E-state index contributed by atoms with van der Waals surface area (Å²) in [6.07, 6.45) is 1.01. The normalized spacial score (nSPS) is 10.3. The first-order chi connectivity index (χ1) is 12.6. The summed E-state index contributed by atoms with van der Waals surface area (Å²) < 4.78 is 10.9. The number of hydrogen-bond acceptors (Lipinski definition) is 4. The van der Waals surface area contributed by atoms with Crippen LogP contribution in [0.25, 0.3) is 0 Å². The molecule has 0 fully saturated rings. The van der Waals surface area contributed by atoms with E-state index in [4.69, 9.17) is 15.2 Å². The largest absolute Gasteiger partial charge is 0.399 e. The number of rotatable bonds is 10. The highest BCUT2D eigenvalue weighted by molar-refractivity contribution is 5.91. The fraction of sp³-hybridized carbons (Fsp3) is 0.381. The predicted octanol–water partition coefficient (Wildman–Crippen LogP) is 4.12. The van der Waals surface area contributed by atoms with Crippen molar-refractivity contribution in [1.82, 2.24) is 0 Å². The van der Waals surface area contributed by atoms with Gasteiger partial charge in [-0.05, 0) is 49.1 Å². The second kappa shape index (κ2) is 12.3. The Morgan fingerprint density at radius 3 is 2.48 bits per heavy atom. The lowest BCUT2D eigenvalue weighted by molar-refractivity contribution is -0.116. The Bertz CT molecular complexity index is 722. The van der Waals surface area contributed by atoms with Gasteiger partial charge in [0.1, 0.15) is 0 Å². The molecule has 0 radical (unpaired) electrons. The summed E-state index contributed by atoms with van der Waals surface area (Å²) in [5, 5.41) is 2.99. The first kappa shape index (κ1) is 23.0. The summed E-state index contributed by atoms with van der Waals surface area (Å²) >= 11 is 0. The van der Waals surface area contributed by atoms with Crippen molar-refractivity contribution in [3.63, 3.8) is 0 Å². The Hall–Kier alpha value is -2.08. The van der Waals surface area contributed by atoms with E-state index in [2.05, 4.69) is 5.32 Å². The van der Waals surface area contributed by atoms with Crippen molar-refractivity contribution in [2.75, 3.05) is 30.9 Å². The Labute approximate surface area is 167 Å². The van der Waals surface area contributed by atoms with E-state index in [0.29, 0.717) is 39.3 Å². The van der Waals surface area contributed by atoms with Crippen LogP contribution in [-0.2, 0) is 27.3 Å². The van der Waals surface area contributed by atoms with Gasteiger partial charge in [-0.1, -0.05) is 30.3 Å². The molecule has 148 valence electrons. The Morgan fingerprint density at radius 2 is 1.74 bits per heavy atom. The molecule has 0 aliphatic heterocycles. The van der Waals surface area contributed by atoms with E-state index in [0.717, 1.165) is 28.1 Å². The Morgan fingerprint density at radius 1 is 1.04 bits per heavy atom. The Balaban J connectivity index is 0.00000364. The molecule has 2 aromatic rings.